The van der Waals surface area contributed by atoms with Gasteiger partial charge < -0.3 is 15.6 Å². The number of nitrogens with zero attached hydrogens (tertiary/aromatic N) is 4. The summed E-state index contributed by atoms with van der Waals surface area (Å²) in [5.74, 6) is 1.13. The Labute approximate surface area is 157 Å². The minimum Gasteiger partial charge on any atom is -0.383 e. The number of aromatic amines is 1. The Balaban J connectivity index is 2.12. The maximum atomic E-state index is 9.57. The summed E-state index contributed by atoms with van der Waals surface area (Å²) in [6.07, 6.45) is 0.801. The molecule has 7 heteroatoms. The Kier molecular flexibility index (Phi) is 5.07. The van der Waals surface area contributed by atoms with Crippen molar-refractivity contribution in [2.45, 2.75) is 26.8 Å². The number of hydrogen-bond donors (Lipinski definition) is 2. The smallest absolute Gasteiger partial charge is 0.142 e. The number of imidazole rings is 1. The summed E-state index contributed by atoms with van der Waals surface area (Å²) in [5, 5.41) is 11.7. The Bertz CT molecular complexity index is 977. The van der Waals surface area contributed by atoms with Crippen molar-refractivity contribution in [3.8, 4) is 27.9 Å². The number of thiophene rings is 1. The summed E-state index contributed by atoms with van der Waals surface area (Å²) in [6, 6.07) is 6.22. The monoisotopic (exact) mass is 366 g/mol. The molecule has 0 aliphatic rings. The van der Waals surface area contributed by atoms with Crippen LogP contribution in [0, 0.1) is 18.3 Å². The van der Waals surface area contributed by atoms with E-state index in [4.69, 9.17) is 5.73 Å². The molecule has 0 fully saturated rings. The van der Waals surface area contributed by atoms with Gasteiger partial charge in [-0.05, 0) is 44.1 Å². The van der Waals surface area contributed by atoms with Crippen LogP contribution in [0.4, 0.5) is 5.82 Å². The third kappa shape index (κ3) is 3.47. The van der Waals surface area contributed by atoms with Gasteiger partial charge in [-0.2, -0.15) is 5.26 Å². The van der Waals surface area contributed by atoms with Crippen molar-refractivity contribution < 1.29 is 0 Å². The molecule has 3 heterocycles. The molecular weight excluding hydrogens is 344 g/mol. The van der Waals surface area contributed by atoms with Gasteiger partial charge >= 0.3 is 0 Å². The second kappa shape index (κ2) is 7.28. The van der Waals surface area contributed by atoms with E-state index in [1.807, 2.05) is 34.0 Å². The van der Waals surface area contributed by atoms with Crippen LogP contribution in [0.2, 0.25) is 0 Å². The van der Waals surface area contributed by atoms with Crippen molar-refractivity contribution in [2.75, 3.05) is 19.8 Å². The number of pyridine rings is 1. The summed E-state index contributed by atoms with van der Waals surface area (Å²) >= 11 is 1.63. The van der Waals surface area contributed by atoms with E-state index in [1.54, 1.807) is 11.3 Å². The lowest BCUT2D eigenvalue weighted by atomic mass is 10.0. The highest BCUT2D eigenvalue weighted by atomic mass is 32.1. The molecule has 0 aliphatic carbocycles. The van der Waals surface area contributed by atoms with Crippen molar-refractivity contribution in [1.82, 2.24) is 19.9 Å². The number of hydrogen-bond acceptors (Lipinski definition) is 6. The molecule has 3 aromatic heterocycles. The fourth-order valence-electron chi connectivity index (χ4n) is 2.91. The molecule has 0 saturated carbocycles. The largest absolute Gasteiger partial charge is 0.383 e. The molecule has 0 unspecified atom stereocenters. The van der Waals surface area contributed by atoms with Gasteiger partial charge in [0.05, 0.1) is 16.3 Å². The van der Waals surface area contributed by atoms with E-state index < -0.39 is 0 Å². The predicted molar refractivity (Wildman–Crippen MR) is 106 cm³/mol. The average Bonchev–Trinajstić information content (AvgIpc) is 3.20. The molecular formula is C19H22N6S. The van der Waals surface area contributed by atoms with E-state index in [-0.39, 0.29) is 5.82 Å². The topological polar surface area (TPSA) is 94.6 Å². The standard InChI is InChI=1S/C19H22N6S/c1-5-17-22-11(2)18(24-17)13-7-15(23-19(21)14(13)8-20)16-6-12(10-26-16)9-25(3)4/h6-7,10H,5,9H2,1-4H3,(H2,21,23)(H,22,24). The first-order valence-corrected chi connectivity index (χ1v) is 9.29. The van der Waals surface area contributed by atoms with Crippen LogP contribution < -0.4 is 5.73 Å². The van der Waals surface area contributed by atoms with Gasteiger partial charge in [-0.15, -0.1) is 11.3 Å². The number of rotatable bonds is 5. The molecule has 0 radical (unpaired) electrons. The first-order valence-electron chi connectivity index (χ1n) is 8.41. The highest BCUT2D eigenvalue weighted by molar-refractivity contribution is 7.13. The lowest BCUT2D eigenvalue weighted by Crippen LogP contribution is -2.09. The predicted octanol–water partition coefficient (Wildman–Crippen LogP) is 3.59. The van der Waals surface area contributed by atoms with Gasteiger partial charge in [0, 0.05) is 24.2 Å². The van der Waals surface area contributed by atoms with E-state index >= 15 is 0 Å². The van der Waals surface area contributed by atoms with Crippen LogP contribution in [0.5, 0.6) is 0 Å². The highest BCUT2D eigenvalue weighted by Gasteiger charge is 2.18. The number of nitriles is 1. The number of aromatic nitrogens is 3. The van der Waals surface area contributed by atoms with E-state index in [0.29, 0.717) is 5.56 Å². The average molecular weight is 366 g/mol. The Hall–Kier alpha value is -2.69. The minimum atomic E-state index is 0.239. The zero-order chi connectivity index (χ0) is 18.8. The van der Waals surface area contributed by atoms with Crippen LogP contribution in [0.1, 0.15) is 29.6 Å². The third-order valence-electron chi connectivity index (χ3n) is 4.09. The van der Waals surface area contributed by atoms with Crippen molar-refractivity contribution in [1.29, 1.82) is 5.26 Å². The van der Waals surface area contributed by atoms with Crippen molar-refractivity contribution in [2.24, 2.45) is 0 Å². The van der Waals surface area contributed by atoms with E-state index in [9.17, 15) is 5.26 Å². The van der Waals surface area contributed by atoms with Crippen molar-refractivity contribution >= 4 is 17.2 Å². The number of aryl methyl sites for hydroxylation is 2. The number of anilines is 1. The molecule has 0 amide bonds. The zero-order valence-corrected chi connectivity index (χ0v) is 16.2. The summed E-state index contributed by atoms with van der Waals surface area (Å²) in [4.78, 5) is 15.5. The minimum absolute atomic E-state index is 0.239. The molecule has 0 aromatic carbocycles. The summed E-state index contributed by atoms with van der Waals surface area (Å²) in [6.45, 7) is 4.87. The zero-order valence-electron chi connectivity index (χ0n) is 15.4. The summed E-state index contributed by atoms with van der Waals surface area (Å²) in [7, 11) is 4.08. The molecule has 0 spiro atoms. The molecule has 3 N–H and O–H groups in total. The first kappa shape index (κ1) is 18.1. The van der Waals surface area contributed by atoms with Crippen LogP contribution >= 0.6 is 11.3 Å². The third-order valence-corrected chi connectivity index (χ3v) is 5.09. The maximum Gasteiger partial charge on any atom is 0.142 e. The van der Waals surface area contributed by atoms with E-state index in [0.717, 1.165) is 46.3 Å². The quantitative estimate of drug-likeness (QED) is 0.719. The summed E-state index contributed by atoms with van der Waals surface area (Å²) < 4.78 is 0. The SMILES string of the molecule is CCc1nc(-c2cc(-c3cc(CN(C)C)cs3)nc(N)c2C#N)c(C)[nH]1. The number of nitrogens with two attached hydrogens (primary N) is 1. The molecule has 3 rings (SSSR count). The van der Waals surface area contributed by atoms with Gasteiger partial charge in [-0.25, -0.2) is 9.97 Å². The van der Waals surface area contributed by atoms with Gasteiger partial charge in [-0.1, -0.05) is 6.92 Å². The van der Waals surface area contributed by atoms with Gasteiger partial charge in [-0.3, -0.25) is 0 Å². The number of H-pyrrole nitrogens is 1. The normalized spacial score (nSPS) is 11.1. The Morgan fingerprint density at radius 1 is 1.31 bits per heavy atom. The maximum absolute atomic E-state index is 9.57. The van der Waals surface area contributed by atoms with Crippen molar-refractivity contribution in [3.63, 3.8) is 0 Å². The van der Waals surface area contributed by atoms with E-state index in [2.05, 4.69) is 37.4 Å². The Morgan fingerprint density at radius 3 is 2.69 bits per heavy atom. The van der Waals surface area contributed by atoms with Gasteiger partial charge in [0.15, 0.2) is 0 Å². The highest BCUT2D eigenvalue weighted by Crippen LogP contribution is 2.34. The lowest BCUT2D eigenvalue weighted by Gasteiger charge is -2.08. The molecule has 6 nitrogen and oxygen atoms in total. The second-order valence-electron chi connectivity index (χ2n) is 6.49. The second-order valence-corrected chi connectivity index (χ2v) is 7.41. The molecule has 0 atom stereocenters. The molecule has 0 bridgehead atoms. The first-order chi connectivity index (χ1) is 12.4. The van der Waals surface area contributed by atoms with Crippen LogP contribution in [-0.2, 0) is 13.0 Å². The number of nitrogen functional groups attached to an aromatic ring is 1. The van der Waals surface area contributed by atoms with Gasteiger partial charge in [0.1, 0.15) is 23.3 Å². The van der Waals surface area contributed by atoms with Crippen molar-refractivity contribution in [3.05, 3.63) is 40.2 Å². The molecule has 0 saturated heterocycles. The van der Waals surface area contributed by atoms with E-state index in [1.165, 1.54) is 5.56 Å². The number of nitrogens with one attached hydrogen (secondary N) is 1. The molecule has 0 aliphatic heterocycles. The molecule has 3 aromatic rings. The van der Waals surface area contributed by atoms with Crippen LogP contribution in [0.3, 0.4) is 0 Å². The van der Waals surface area contributed by atoms with Crippen LogP contribution in [-0.4, -0.2) is 33.9 Å². The van der Waals surface area contributed by atoms with Gasteiger partial charge in [0.25, 0.3) is 0 Å². The van der Waals surface area contributed by atoms with Crippen LogP contribution in [0.15, 0.2) is 17.5 Å². The summed E-state index contributed by atoms with van der Waals surface area (Å²) in [5.41, 5.74) is 10.9. The fraction of sp³-hybridized carbons (Fsp3) is 0.316. The fourth-order valence-corrected chi connectivity index (χ4v) is 3.77. The lowest BCUT2D eigenvalue weighted by molar-refractivity contribution is 0.403. The van der Waals surface area contributed by atoms with Gasteiger partial charge in [0.2, 0.25) is 0 Å². The Morgan fingerprint density at radius 2 is 2.08 bits per heavy atom. The molecule has 134 valence electrons. The molecule has 26 heavy (non-hydrogen) atoms. The van der Waals surface area contributed by atoms with Crippen LogP contribution in [0.25, 0.3) is 21.8 Å².